The first kappa shape index (κ1) is 19.3. The second kappa shape index (κ2) is 9.48. The molecule has 0 unspecified atom stereocenters. The minimum atomic E-state index is -0.0401. The summed E-state index contributed by atoms with van der Waals surface area (Å²) in [6.45, 7) is 5.84. The topological polar surface area (TPSA) is 50.8 Å². The van der Waals surface area contributed by atoms with Gasteiger partial charge in [-0.25, -0.2) is 0 Å². The minimum Gasteiger partial charge on any atom is -0.486 e. The molecule has 1 aliphatic heterocycles. The molecule has 0 aromatic heterocycles. The maximum absolute atomic E-state index is 12.4. The lowest BCUT2D eigenvalue weighted by atomic mass is 10.2. The molecular formula is C21H24N2O3S. The number of nitrogens with one attached hydrogen (secondary N) is 1. The Morgan fingerprint density at radius 1 is 1.22 bits per heavy atom. The van der Waals surface area contributed by atoms with E-state index in [-0.39, 0.29) is 5.91 Å². The van der Waals surface area contributed by atoms with E-state index in [0.717, 1.165) is 33.4 Å². The number of carbonyl (C=O) groups is 1. The lowest BCUT2D eigenvalue weighted by molar-refractivity contribution is -0.117. The van der Waals surface area contributed by atoms with Crippen molar-refractivity contribution in [3.8, 4) is 11.5 Å². The SMILES string of the molecule is C=CCSc1ccccc1NC(=O)CN(C)Cc1ccc2c(c1)OCCO2. The molecule has 0 radical (unpaired) electrons. The Hall–Kier alpha value is -2.44. The van der Waals surface area contributed by atoms with Crippen LogP contribution in [0.25, 0.3) is 0 Å². The molecule has 2 aromatic carbocycles. The highest BCUT2D eigenvalue weighted by molar-refractivity contribution is 7.99. The van der Waals surface area contributed by atoms with Gasteiger partial charge in [0.25, 0.3) is 0 Å². The Morgan fingerprint density at radius 2 is 2.00 bits per heavy atom. The van der Waals surface area contributed by atoms with Crippen LogP contribution in [-0.2, 0) is 11.3 Å². The average molecular weight is 385 g/mol. The van der Waals surface area contributed by atoms with Crippen LogP contribution in [0.2, 0.25) is 0 Å². The van der Waals surface area contributed by atoms with E-state index < -0.39 is 0 Å². The zero-order valence-electron chi connectivity index (χ0n) is 15.4. The molecule has 0 saturated carbocycles. The standard InChI is InChI=1S/C21H24N2O3S/c1-3-12-27-20-7-5-4-6-17(20)22-21(24)15-23(2)14-16-8-9-18-19(13-16)26-11-10-25-18/h3-9,13H,1,10-12,14-15H2,2H3,(H,22,24). The summed E-state index contributed by atoms with van der Waals surface area (Å²) >= 11 is 1.65. The molecule has 1 amide bonds. The van der Waals surface area contributed by atoms with Crippen LogP contribution in [0.1, 0.15) is 5.56 Å². The van der Waals surface area contributed by atoms with E-state index in [2.05, 4.69) is 11.9 Å². The van der Waals surface area contributed by atoms with Crippen molar-refractivity contribution in [2.75, 3.05) is 37.9 Å². The summed E-state index contributed by atoms with van der Waals surface area (Å²) in [5, 5.41) is 3.01. The highest BCUT2D eigenvalue weighted by Gasteiger charge is 2.14. The van der Waals surface area contributed by atoms with Crippen molar-refractivity contribution in [1.29, 1.82) is 0 Å². The van der Waals surface area contributed by atoms with Crippen LogP contribution in [0.15, 0.2) is 60.0 Å². The summed E-state index contributed by atoms with van der Waals surface area (Å²) in [5.74, 6) is 2.31. The molecule has 0 atom stereocenters. The van der Waals surface area contributed by atoms with Crippen LogP contribution in [0, 0.1) is 0 Å². The van der Waals surface area contributed by atoms with Gasteiger partial charge in [0.15, 0.2) is 11.5 Å². The molecule has 1 aliphatic rings. The van der Waals surface area contributed by atoms with E-state index in [1.165, 1.54) is 0 Å². The van der Waals surface area contributed by atoms with Crippen LogP contribution in [-0.4, -0.2) is 43.4 Å². The fourth-order valence-corrected chi connectivity index (χ4v) is 3.58. The number of fused-ring (bicyclic) bond motifs is 1. The third-order valence-electron chi connectivity index (χ3n) is 3.99. The van der Waals surface area contributed by atoms with Crippen LogP contribution < -0.4 is 14.8 Å². The predicted molar refractivity (Wildman–Crippen MR) is 110 cm³/mol. The van der Waals surface area contributed by atoms with Crippen molar-refractivity contribution in [2.45, 2.75) is 11.4 Å². The van der Waals surface area contributed by atoms with Crippen LogP contribution in [0.5, 0.6) is 11.5 Å². The van der Waals surface area contributed by atoms with Crippen molar-refractivity contribution < 1.29 is 14.3 Å². The van der Waals surface area contributed by atoms with Gasteiger partial charge in [-0.15, -0.1) is 18.3 Å². The van der Waals surface area contributed by atoms with Crippen molar-refractivity contribution in [3.05, 3.63) is 60.7 Å². The molecule has 2 aromatic rings. The first-order valence-corrected chi connectivity index (χ1v) is 9.84. The summed E-state index contributed by atoms with van der Waals surface area (Å²) in [5.41, 5.74) is 1.92. The van der Waals surface area contributed by atoms with Gasteiger partial charge in [-0.1, -0.05) is 24.3 Å². The molecule has 5 nitrogen and oxygen atoms in total. The number of hydrogen-bond acceptors (Lipinski definition) is 5. The monoisotopic (exact) mass is 384 g/mol. The van der Waals surface area contributed by atoms with Crippen molar-refractivity contribution in [3.63, 3.8) is 0 Å². The quantitative estimate of drug-likeness (QED) is 0.554. The van der Waals surface area contributed by atoms with Gasteiger partial charge in [0, 0.05) is 17.2 Å². The Bertz CT molecular complexity index is 810. The summed E-state index contributed by atoms with van der Waals surface area (Å²) in [7, 11) is 1.93. The number of benzene rings is 2. The maximum atomic E-state index is 12.4. The van der Waals surface area contributed by atoms with Gasteiger partial charge in [-0.05, 0) is 36.9 Å². The molecule has 0 spiro atoms. The zero-order valence-corrected chi connectivity index (χ0v) is 16.3. The van der Waals surface area contributed by atoms with E-state index >= 15 is 0 Å². The first-order valence-electron chi connectivity index (χ1n) is 8.85. The highest BCUT2D eigenvalue weighted by atomic mass is 32.2. The summed E-state index contributed by atoms with van der Waals surface area (Å²) < 4.78 is 11.2. The van der Waals surface area contributed by atoms with Gasteiger partial charge in [0.2, 0.25) is 5.91 Å². The van der Waals surface area contributed by atoms with Crippen molar-refractivity contribution >= 4 is 23.4 Å². The normalized spacial score (nSPS) is 12.7. The average Bonchev–Trinajstić information content (AvgIpc) is 2.67. The minimum absolute atomic E-state index is 0.0401. The zero-order chi connectivity index (χ0) is 19.1. The first-order chi connectivity index (χ1) is 13.2. The van der Waals surface area contributed by atoms with Crippen LogP contribution >= 0.6 is 11.8 Å². The lowest BCUT2D eigenvalue weighted by Crippen LogP contribution is -2.30. The number of hydrogen-bond donors (Lipinski definition) is 1. The molecular weight excluding hydrogens is 360 g/mol. The summed E-state index contributed by atoms with van der Waals surface area (Å²) in [4.78, 5) is 15.5. The fraction of sp³-hybridized carbons (Fsp3) is 0.286. The van der Waals surface area contributed by atoms with Crippen LogP contribution in [0.4, 0.5) is 5.69 Å². The number of ether oxygens (including phenoxy) is 2. The molecule has 1 heterocycles. The van der Waals surface area contributed by atoms with Gasteiger partial charge in [0.1, 0.15) is 13.2 Å². The third kappa shape index (κ3) is 5.52. The number of anilines is 1. The third-order valence-corrected chi connectivity index (χ3v) is 5.06. The second-order valence-electron chi connectivity index (χ2n) is 6.29. The van der Waals surface area contributed by atoms with E-state index in [1.54, 1.807) is 11.8 Å². The molecule has 0 aliphatic carbocycles. The fourth-order valence-electron chi connectivity index (χ4n) is 2.83. The number of likely N-dealkylation sites (N-methyl/N-ethyl adjacent to an activating group) is 1. The number of carbonyl (C=O) groups excluding carboxylic acids is 1. The van der Waals surface area contributed by atoms with E-state index in [0.29, 0.717) is 26.3 Å². The lowest BCUT2D eigenvalue weighted by Gasteiger charge is -2.21. The number of amides is 1. The largest absolute Gasteiger partial charge is 0.486 e. The second-order valence-corrected chi connectivity index (χ2v) is 7.36. The van der Waals surface area contributed by atoms with Gasteiger partial charge in [-0.2, -0.15) is 0 Å². The molecule has 1 N–H and O–H groups in total. The van der Waals surface area contributed by atoms with Gasteiger partial charge in [0.05, 0.1) is 12.2 Å². The molecule has 0 bridgehead atoms. The van der Waals surface area contributed by atoms with Crippen LogP contribution in [0.3, 0.4) is 0 Å². The van der Waals surface area contributed by atoms with Gasteiger partial charge >= 0.3 is 0 Å². The van der Waals surface area contributed by atoms with Gasteiger partial charge < -0.3 is 14.8 Å². The summed E-state index contributed by atoms with van der Waals surface area (Å²) in [6, 6.07) is 13.7. The Morgan fingerprint density at radius 3 is 2.81 bits per heavy atom. The Labute approximate surface area is 164 Å². The van der Waals surface area contributed by atoms with E-state index in [9.17, 15) is 4.79 Å². The highest BCUT2D eigenvalue weighted by Crippen LogP contribution is 2.31. The van der Waals surface area contributed by atoms with E-state index in [4.69, 9.17) is 9.47 Å². The molecule has 142 valence electrons. The number of thioether (sulfide) groups is 1. The molecule has 0 fully saturated rings. The number of nitrogens with zero attached hydrogens (tertiary/aromatic N) is 1. The van der Waals surface area contributed by atoms with Crippen molar-refractivity contribution in [1.82, 2.24) is 4.90 Å². The number of para-hydroxylation sites is 1. The predicted octanol–water partition coefficient (Wildman–Crippen LogP) is 3.81. The Kier molecular flexibility index (Phi) is 6.79. The molecule has 6 heteroatoms. The molecule has 27 heavy (non-hydrogen) atoms. The molecule has 0 saturated heterocycles. The van der Waals surface area contributed by atoms with Crippen molar-refractivity contribution in [2.24, 2.45) is 0 Å². The number of rotatable bonds is 8. The smallest absolute Gasteiger partial charge is 0.238 e. The summed E-state index contributed by atoms with van der Waals surface area (Å²) in [6.07, 6.45) is 1.85. The molecule has 3 rings (SSSR count). The maximum Gasteiger partial charge on any atom is 0.238 e. The Balaban J connectivity index is 1.56. The van der Waals surface area contributed by atoms with E-state index in [1.807, 2.05) is 60.5 Å². The van der Waals surface area contributed by atoms with Gasteiger partial charge in [-0.3, -0.25) is 9.69 Å².